The van der Waals surface area contributed by atoms with Crippen LogP contribution < -0.4 is 5.73 Å². The van der Waals surface area contributed by atoms with Gasteiger partial charge in [-0.1, -0.05) is 6.92 Å². The first kappa shape index (κ1) is 16.4. The monoisotopic (exact) mass is 350 g/mol. The molecule has 1 aromatic carbocycles. The van der Waals surface area contributed by atoms with Crippen molar-refractivity contribution in [2.75, 3.05) is 19.6 Å². The zero-order valence-electron chi connectivity index (χ0n) is 10.7. The van der Waals surface area contributed by atoms with Gasteiger partial charge in [-0.3, -0.25) is 4.79 Å². The SMILES string of the molecule is CC1(CN)CCN(C(=O)c2cc(F)ccc2Br)C1.Cl. The third-order valence-corrected chi connectivity index (χ3v) is 4.19. The number of nitrogens with zero attached hydrogens (tertiary/aromatic N) is 1. The lowest BCUT2D eigenvalue weighted by atomic mass is 9.90. The highest BCUT2D eigenvalue weighted by Gasteiger charge is 2.35. The largest absolute Gasteiger partial charge is 0.338 e. The molecule has 2 rings (SSSR count). The molecule has 106 valence electrons. The number of rotatable bonds is 2. The summed E-state index contributed by atoms with van der Waals surface area (Å²) in [6, 6.07) is 4.15. The maximum atomic E-state index is 13.2. The molecular formula is C13H17BrClFN2O. The zero-order chi connectivity index (χ0) is 13.3. The van der Waals surface area contributed by atoms with Gasteiger partial charge in [-0.25, -0.2) is 4.39 Å². The summed E-state index contributed by atoms with van der Waals surface area (Å²) >= 11 is 3.28. The molecule has 0 aliphatic carbocycles. The summed E-state index contributed by atoms with van der Waals surface area (Å²) in [5.74, 6) is -0.541. The molecule has 3 nitrogen and oxygen atoms in total. The molecule has 1 aliphatic rings. The van der Waals surface area contributed by atoms with E-state index in [0.717, 1.165) is 6.42 Å². The van der Waals surface area contributed by atoms with Gasteiger partial charge in [0.05, 0.1) is 5.56 Å². The van der Waals surface area contributed by atoms with Crippen LogP contribution in [0.1, 0.15) is 23.7 Å². The second kappa shape index (κ2) is 6.20. The van der Waals surface area contributed by atoms with Gasteiger partial charge in [0.25, 0.3) is 5.91 Å². The summed E-state index contributed by atoms with van der Waals surface area (Å²) < 4.78 is 13.8. The van der Waals surface area contributed by atoms with Crippen LogP contribution in [0.2, 0.25) is 0 Å². The Kier molecular flexibility index (Phi) is 5.35. The number of amides is 1. The van der Waals surface area contributed by atoms with E-state index in [9.17, 15) is 9.18 Å². The predicted octanol–water partition coefficient (Wildman–Crippen LogP) is 2.82. The maximum absolute atomic E-state index is 13.2. The van der Waals surface area contributed by atoms with Crippen LogP contribution in [0.4, 0.5) is 4.39 Å². The summed E-state index contributed by atoms with van der Waals surface area (Å²) in [5.41, 5.74) is 6.07. The van der Waals surface area contributed by atoms with Crippen molar-refractivity contribution in [1.29, 1.82) is 0 Å². The summed E-state index contributed by atoms with van der Waals surface area (Å²) in [6.07, 6.45) is 0.891. The van der Waals surface area contributed by atoms with Crippen molar-refractivity contribution in [3.8, 4) is 0 Å². The normalized spacial score (nSPS) is 22.2. The number of hydrogen-bond donors (Lipinski definition) is 1. The Labute approximate surface area is 126 Å². The van der Waals surface area contributed by atoms with Crippen LogP contribution in [0.3, 0.4) is 0 Å². The molecule has 0 spiro atoms. The van der Waals surface area contributed by atoms with E-state index >= 15 is 0 Å². The lowest BCUT2D eigenvalue weighted by molar-refractivity contribution is 0.0775. The van der Waals surface area contributed by atoms with Crippen LogP contribution in [0, 0.1) is 11.2 Å². The van der Waals surface area contributed by atoms with E-state index < -0.39 is 5.82 Å². The van der Waals surface area contributed by atoms with Gasteiger partial charge >= 0.3 is 0 Å². The fourth-order valence-electron chi connectivity index (χ4n) is 2.20. The topological polar surface area (TPSA) is 46.3 Å². The molecule has 6 heteroatoms. The Morgan fingerprint density at radius 3 is 2.84 bits per heavy atom. The number of nitrogens with two attached hydrogens (primary N) is 1. The predicted molar refractivity (Wildman–Crippen MR) is 79.0 cm³/mol. The van der Waals surface area contributed by atoms with E-state index in [1.807, 2.05) is 0 Å². The fraction of sp³-hybridized carbons (Fsp3) is 0.462. The Balaban J connectivity index is 0.00000180. The van der Waals surface area contributed by atoms with Gasteiger partial charge in [0.15, 0.2) is 0 Å². The molecule has 0 aromatic heterocycles. The number of benzene rings is 1. The van der Waals surface area contributed by atoms with E-state index in [0.29, 0.717) is 29.7 Å². The Hall–Kier alpha value is -0.650. The minimum absolute atomic E-state index is 0. The summed E-state index contributed by atoms with van der Waals surface area (Å²) in [4.78, 5) is 14.1. The minimum atomic E-state index is -0.401. The van der Waals surface area contributed by atoms with Crippen LogP contribution >= 0.6 is 28.3 Å². The van der Waals surface area contributed by atoms with Crippen molar-refractivity contribution in [1.82, 2.24) is 4.90 Å². The average Bonchev–Trinajstić information content (AvgIpc) is 2.75. The van der Waals surface area contributed by atoms with Crippen LogP contribution in [0.25, 0.3) is 0 Å². The second-order valence-electron chi connectivity index (χ2n) is 5.12. The van der Waals surface area contributed by atoms with Gasteiger partial charge < -0.3 is 10.6 Å². The molecule has 1 atom stereocenters. The highest BCUT2D eigenvalue weighted by atomic mass is 79.9. The Morgan fingerprint density at radius 2 is 2.26 bits per heavy atom. The number of carbonyl (C=O) groups excluding carboxylic acids is 1. The molecule has 1 aliphatic heterocycles. The summed E-state index contributed by atoms with van der Waals surface area (Å²) in [5, 5.41) is 0. The lowest BCUT2D eigenvalue weighted by Crippen LogP contribution is -2.34. The molecule has 1 saturated heterocycles. The zero-order valence-corrected chi connectivity index (χ0v) is 13.1. The third-order valence-electron chi connectivity index (χ3n) is 3.50. The summed E-state index contributed by atoms with van der Waals surface area (Å²) in [7, 11) is 0. The van der Waals surface area contributed by atoms with Gasteiger partial charge in [0.1, 0.15) is 5.82 Å². The number of carbonyl (C=O) groups is 1. The maximum Gasteiger partial charge on any atom is 0.255 e. The minimum Gasteiger partial charge on any atom is -0.338 e. The Bertz CT molecular complexity index is 486. The van der Waals surface area contributed by atoms with E-state index in [1.54, 1.807) is 11.0 Å². The molecule has 19 heavy (non-hydrogen) atoms. The lowest BCUT2D eigenvalue weighted by Gasteiger charge is -2.22. The molecule has 1 aromatic rings. The van der Waals surface area contributed by atoms with Crippen LogP contribution in [-0.4, -0.2) is 30.4 Å². The molecule has 1 fully saturated rings. The van der Waals surface area contributed by atoms with Crippen molar-refractivity contribution >= 4 is 34.2 Å². The first-order valence-corrected chi connectivity index (χ1v) is 6.69. The smallest absolute Gasteiger partial charge is 0.255 e. The highest BCUT2D eigenvalue weighted by Crippen LogP contribution is 2.30. The van der Waals surface area contributed by atoms with Gasteiger partial charge in [-0.05, 0) is 52.5 Å². The molecule has 0 bridgehead atoms. The fourth-order valence-corrected chi connectivity index (χ4v) is 2.61. The summed E-state index contributed by atoms with van der Waals surface area (Å²) in [6.45, 7) is 3.93. The quantitative estimate of drug-likeness (QED) is 0.890. The molecular weight excluding hydrogens is 335 g/mol. The highest BCUT2D eigenvalue weighted by molar-refractivity contribution is 9.10. The molecule has 1 heterocycles. The molecule has 1 unspecified atom stereocenters. The van der Waals surface area contributed by atoms with Gasteiger partial charge in [0.2, 0.25) is 0 Å². The first-order chi connectivity index (χ1) is 8.45. The van der Waals surface area contributed by atoms with Crippen molar-refractivity contribution in [2.24, 2.45) is 11.1 Å². The first-order valence-electron chi connectivity index (χ1n) is 5.90. The van der Waals surface area contributed by atoms with E-state index in [1.165, 1.54) is 12.1 Å². The third kappa shape index (κ3) is 3.46. The van der Waals surface area contributed by atoms with Crippen molar-refractivity contribution in [3.63, 3.8) is 0 Å². The van der Waals surface area contributed by atoms with Crippen LogP contribution in [-0.2, 0) is 0 Å². The van der Waals surface area contributed by atoms with Gasteiger partial charge in [-0.2, -0.15) is 0 Å². The van der Waals surface area contributed by atoms with Crippen LogP contribution in [0.15, 0.2) is 22.7 Å². The number of likely N-dealkylation sites (tertiary alicyclic amines) is 1. The average molecular weight is 352 g/mol. The van der Waals surface area contributed by atoms with Gasteiger partial charge in [0, 0.05) is 17.6 Å². The van der Waals surface area contributed by atoms with Crippen LogP contribution in [0.5, 0.6) is 0 Å². The van der Waals surface area contributed by atoms with Crippen molar-refractivity contribution in [3.05, 3.63) is 34.1 Å². The van der Waals surface area contributed by atoms with E-state index in [2.05, 4.69) is 22.9 Å². The molecule has 2 N–H and O–H groups in total. The molecule has 0 radical (unpaired) electrons. The van der Waals surface area contributed by atoms with E-state index in [4.69, 9.17) is 5.73 Å². The van der Waals surface area contributed by atoms with Gasteiger partial charge in [-0.15, -0.1) is 12.4 Å². The van der Waals surface area contributed by atoms with Crippen molar-refractivity contribution < 1.29 is 9.18 Å². The van der Waals surface area contributed by atoms with Crippen molar-refractivity contribution in [2.45, 2.75) is 13.3 Å². The number of hydrogen-bond acceptors (Lipinski definition) is 2. The van der Waals surface area contributed by atoms with E-state index in [-0.39, 0.29) is 23.7 Å². The molecule has 1 amide bonds. The molecule has 0 saturated carbocycles. The Morgan fingerprint density at radius 1 is 1.58 bits per heavy atom. The standard InChI is InChI=1S/C13H16BrFN2O.ClH/c1-13(7-16)4-5-17(8-13)12(18)10-6-9(15)2-3-11(10)14;/h2-3,6H,4-5,7-8,16H2,1H3;1H. The second-order valence-corrected chi connectivity index (χ2v) is 5.97. The number of halogens is 3.